The molecule has 136 valence electrons. The predicted octanol–water partition coefficient (Wildman–Crippen LogP) is 1.99. The number of pyridine rings is 1. The number of hydrogen-bond donors (Lipinski definition) is 1. The van der Waals surface area contributed by atoms with Crippen molar-refractivity contribution in [2.45, 2.75) is 6.42 Å². The van der Waals surface area contributed by atoms with Crippen LogP contribution < -0.4 is 10.2 Å². The van der Waals surface area contributed by atoms with Crippen molar-refractivity contribution >= 4 is 29.6 Å². The molecule has 0 saturated carbocycles. The van der Waals surface area contributed by atoms with Crippen LogP contribution in [0.3, 0.4) is 0 Å². The molecule has 3 rings (SSSR count). The zero-order valence-electron chi connectivity index (χ0n) is 14.4. The summed E-state index contributed by atoms with van der Waals surface area (Å²) in [5.41, 5.74) is 2.44. The Bertz CT molecular complexity index is 758. The molecule has 0 spiro atoms. The molecule has 1 aliphatic heterocycles. The first kappa shape index (κ1) is 18.2. The van der Waals surface area contributed by atoms with Crippen molar-refractivity contribution < 1.29 is 9.59 Å². The van der Waals surface area contributed by atoms with Gasteiger partial charge in [0.25, 0.3) is 5.91 Å². The van der Waals surface area contributed by atoms with Gasteiger partial charge in [-0.1, -0.05) is 23.7 Å². The third-order valence-corrected chi connectivity index (χ3v) is 4.63. The summed E-state index contributed by atoms with van der Waals surface area (Å²) in [7, 11) is 0. The summed E-state index contributed by atoms with van der Waals surface area (Å²) < 4.78 is 0. The second kappa shape index (κ2) is 8.67. The van der Waals surface area contributed by atoms with Crippen LogP contribution >= 0.6 is 11.6 Å². The fraction of sp³-hybridized carbons (Fsp3) is 0.316. The molecule has 0 unspecified atom stereocenters. The molecule has 2 aromatic rings. The molecule has 0 bridgehead atoms. The largest absolute Gasteiger partial charge is 0.367 e. The maximum atomic E-state index is 12.2. The number of nitrogens with zero attached hydrogens (tertiary/aromatic N) is 3. The molecule has 2 heterocycles. The van der Waals surface area contributed by atoms with E-state index < -0.39 is 0 Å². The molecule has 7 heteroatoms. The Morgan fingerprint density at radius 2 is 2.00 bits per heavy atom. The lowest BCUT2D eigenvalue weighted by molar-refractivity contribution is -0.118. The number of amides is 2. The topological polar surface area (TPSA) is 65.5 Å². The van der Waals surface area contributed by atoms with Crippen molar-refractivity contribution in [3.8, 4) is 0 Å². The molecule has 1 aromatic heterocycles. The van der Waals surface area contributed by atoms with Crippen molar-refractivity contribution in [2.24, 2.45) is 0 Å². The Labute approximate surface area is 157 Å². The number of rotatable bonds is 6. The minimum Gasteiger partial charge on any atom is -0.367 e. The molecule has 1 saturated heterocycles. The molecule has 6 nitrogen and oxygen atoms in total. The van der Waals surface area contributed by atoms with Crippen LogP contribution in [0.4, 0.5) is 5.69 Å². The minimum atomic E-state index is -0.190. The Balaban J connectivity index is 1.50. The maximum absolute atomic E-state index is 12.2. The quantitative estimate of drug-likeness (QED) is 0.787. The first-order valence-electron chi connectivity index (χ1n) is 8.59. The van der Waals surface area contributed by atoms with E-state index in [0.717, 1.165) is 30.8 Å². The highest BCUT2D eigenvalue weighted by atomic mass is 35.5. The van der Waals surface area contributed by atoms with Gasteiger partial charge in [0.1, 0.15) is 5.69 Å². The van der Waals surface area contributed by atoms with Crippen LogP contribution in [0.5, 0.6) is 0 Å². The van der Waals surface area contributed by atoms with Gasteiger partial charge in [0.2, 0.25) is 6.41 Å². The van der Waals surface area contributed by atoms with Gasteiger partial charge in [0.05, 0.1) is 11.9 Å². The summed E-state index contributed by atoms with van der Waals surface area (Å²) in [6.45, 7) is 3.47. The smallest absolute Gasteiger partial charge is 0.269 e. The van der Waals surface area contributed by atoms with E-state index in [4.69, 9.17) is 11.6 Å². The van der Waals surface area contributed by atoms with Crippen molar-refractivity contribution in [1.82, 2.24) is 15.2 Å². The Hall–Kier alpha value is -2.60. The maximum Gasteiger partial charge on any atom is 0.269 e. The van der Waals surface area contributed by atoms with Gasteiger partial charge in [-0.2, -0.15) is 0 Å². The highest BCUT2D eigenvalue weighted by molar-refractivity contribution is 6.30. The Morgan fingerprint density at radius 1 is 1.19 bits per heavy atom. The normalized spacial score (nSPS) is 14.2. The van der Waals surface area contributed by atoms with E-state index in [1.54, 1.807) is 17.2 Å². The highest BCUT2D eigenvalue weighted by Gasteiger charge is 2.16. The van der Waals surface area contributed by atoms with Crippen molar-refractivity contribution in [3.05, 3.63) is 58.9 Å². The van der Waals surface area contributed by atoms with Gasteiger partial charge >= 0.3 is 0 Å². The van der Waals surface area contributed by atoms with E-state index in [-0.39, 0.29) is 5.91 Å². The number of halogens is 1. The van der Waals surface area contributed by atoms with Gasteiger partial charge in [0.15, 0.2) is 0 Å². The third kappa shape index (κ3) is 4.73. The second-order valence-corrected chi connectivity index (χ2v) is 6.60. The number of aromatic nitrogens is 1. The molecule has 1 aromatic carbocycles. The fourth-order valence-electron chi connectivity index (χ4n) is 2.90. The average molecular weight is 373 g/mol. The first-order valence-corrected chi connectivity index (χ1v) is 8.96. The van der Waals surface area contributed by atoms with Gasteiger partial charge in [0, 0.05) is 37.7 Å². The lowest BCUT2D eigenvalue weighted by atomic mass is 10.1. The van der Waals surface area contributed by atoms with Gasteiger partial charge in [-0.15, -0.1) is 0 Å². The average Bonchev–Trinajstić information content (AvgIpc) is 2.68. The zero-order chi connectivity index (χ0) is 18.4. The van der Waals surface area contributed by atoms with E-state index >= 15 is 0 Å². The molecule has 0 aliphatic carbocycles. The van der Waals surface area contributed by atoms with E-state index in [9.17, 15) is 9.59 Å². The lowest BCUT2D eigenvalue weighted by Gasteiger charge is -2.33. The summed E-state index contributed by atoms with van der Waals surface area (Å²) in [4.78, 5) is 31.2. The van der Waals surface area contributed by atoms with Crippen LogP contribution in [0.2, 0.25) is 5.02 Å². The van der Waals surface area contributed by atoms with Crippen molar-refractivity contribution in [3.63, 3.8) is 0 Å². The molecule has 1 fully saturated rings. The molecule has 0 radical (unpaired) electrons. The molecule has 2 amide bonds. The summed E-state index contributed by atoms with van der Waals surface area (Å²) >= 11 is 5.96. The number of hydrogen-bond acceptors (Lipinski definition) is 4. The van der Waals surface area contributed by atoms with Gasteiger partial charge in [-0.05, 0) is 36.2 Å². The molecular formula is C19H21ClN4O2. The highest BCUT2D eigenvalue weighted by Crippen LogP contribution is 2.15. The lowest BCUT2D eigenvalue weighted by Crippen LogP contribution is -2.45. The SMILES string of the molecule is O=CN1CCN(c2ccc(C(=O)NCCc3cccc(Cl)c3)nc2)CC1. The number of benzene rings is 1. The van der Waals surface area contributed by atoms with Gasteiger partial charge < -0.3 is 15.1 Å². The summed E-state index contributed by atoms with van der Waals surface area (Å²) in [6.07, 6.45) is 3.31. The van der Waals surface area contributed by atoms with Crippen LogP contribution in [0.1, 0.15) is 16.1 Å². The molecule has 1 N–H and O–H groups in total. The van der Waals surface area contributed by atoms with Crippen LogP contribution in [0, 0.1) is 0 Å². The summed E-state index contributed by atoms with van der Waals surface area (Å²) in [5.74, 6) is -0.190. The van der Waals surface area contributed by atoms with E-state index in [2.05, 4.69) is 15.2 Å². The monoisotopic (exact) mass is 372 g/mol. The molecule has 1 aliphatic rings. The van der Waals surface area contributed by atoms with E-state index in [1.165, 1.54) is 0 Å². The van der Waals surface area contributed by atoms with Crippen molar-refractivity contribution in [1.29, 1.82) is 0 Å². The van der Waals surface area contributed by atoms with Crippen LogP contribution in [0.25, 0.3) is 0 Å². The third-order valence-electron chi connectivity index (χ3n) is 4.40. The zero-order valence-corrected chi connectivity index (χ0v) is 15.2. The van der Waals surface area contributed by atoms with Crippen LogP contribution in [-0.2, 0) is 11.2 Å². The van der Waals surface area contributed by atoms with Crippen molar-refractivity contribution in [2.75, 3.05) is 37.6 Å². The van der Waals surface area contributed by atoms with Gasteiger partial charge in [-0.25, -0.2) is 4.98 Å². The van der Waals surface area contributed by atoms with E-state index in [1.807, 2.05) is 30.3 Å². The van der Waals surface area contributed by atoms with Crippen LogP contribution in [0.15, 0.2) is 42.6 Å². The standard InChI is InChI=1S/C19H21ClN4O2/c20-16-3-1-2-15(12-16)6-7-21-19(26)18-5-4-17(13-22-18)24-10-8-23(14-25)9-11-24/h1-5,12-14H,6-11H2,(H,21,26). The first-order chi connectivity index (χ1) is 12.7. The fourth-order valence-corrected chi connectivity index (χ4v) is 3.11. The summed E-state index contributed by atoms with van der Waals surface area (Å²) in [6, 6.07) is 11.2. The number of carbonyl (C=O) groups excluding carboxylic acids is 2. The summed E-state index contributed by atoms with van der Waals surface area (Å²) in [5, 5.41) is 3.57. The number of anilines is 1. The molecule has 0 atom stereocenters. The predicted molar refractivity (Wildman–Crippen MR) is 102 cm³/mol. The van der Waals surface area contributed by atoms with Gasteiger partial charge in [-0.3, -0.25) is 9.59 Å². The Morgan fingerprint density at radius 3 is 2.65 bits per heavy atom. The van der Waals surface area contributed by atoms with E-state index in [0.29, 0.717) is 36.8 Å². The second-order valence-electron chi connectivity index (χ2n) is 6.17. The number of piperazine rings is 1. The number of nitrogens with one attached hydrogen (secondary N) is 1. The van der Waals surface area contributed by atoms with Crippen LogP contribution in [-0.4, -0.2) is 54.9 Å². The molecule has 26 heavy (non-hydrogen) atoms. The Kier molecular flexibility index (Phi) is 6.07. The number of carbonyl (C=O) groups is 2. The minimum absolute atomic E-state index is 0.190. The molecular weight excluding hydrogens is 352 g/mol.